The second-order valence-corrected chi connectivity index (χ2v) is 6.47. The number of anilines is 2. The third-order valence-electron chi connectivity index (χ3n) is 4.42. The SMILES string of the molecule is COCCOCCCC(=O)Nc1ccc(N2CCC(C)CC2)cc1. The van der Waals surface area contributed by atoms with Crippen LogP contribution in [0.4, 0.5) is 11.4 Å². The van der Waals surface area contributed by atoms with Crippen molar-refractivity contribution in [2.75, 3.05) is 50.2 Å². The summed E-state index contributed by atoms with van der Waals surface area (Å²) in [6, 6.07) is 8.17. The number of hydrogen-bond donors (Lipinski definition) is 1. The summed E-state index contributed by atoms with van der Waals surface area (Å²) < 4.78 is 10.3. The van der Waals surface area contributed by atoms with E-state index in [9.17, 15) is 4.79 Å². The number of amides is 1. The van der Waals surface area contributed by atoms with E-state index in [1.165, 1.54) is 18.5 Å². The number of carbonyl (C=O) groups is 1. The Bertz CT molecular complexity index is 482. The van der Waals surface area contributed by atoms with Crippen molar-refractivity contribution in [1.29, 1.82) is 0 Å². The van der Waals surface area contributed by atoms with Gasteiger partial charge in [-0.05, 0) is 49.4 Å². The molecule has 1 aliphatic rings. The molecule has 1 aliphatic heterocycles. The molecule has 134 valence electrons. The number of piperidine rings is 1. The number of benzene rings is 1. The minimum atomic E-state index is 0.0323. The van der Waals surface area contributed by atoms with E-state index in [-0.39, 0.29) is 5.91 Å². The van der Waals surface area contributed by atoms with Crippen molar-refractivity contribution in [3.8, 4) is 0 Å². The maximum Gasteiger partial charge on any atom is 0.224 e. The first-order chi connectivity index (χ1) is 11.7. The monoisotopic (exact) mass is 334 g/mol. The molecule has 5 nitrogen and oxygen atoms in total. The lowest BCUT2D eigenvalue weighted by molar-refractivity contribution is -0.116. The van der Waals surface area contributed by atoms with Gasteiger partial charge in [-0.25, -0.2) is 0 Å². The van der Waals surface area contributed by atoms with Crippen molar-refractivity contribution in [2.45, 2.75) is 32.6 Å². The van der Waals surface area contributed by atoms with Crippen LogP contribution in [-0.4, -0.2) is 45.9 Å². The second kappa shape index (κ2) is 10.3. The van der Waals surface area contributed by atoms with Crippen molar-refractivity contribution in [3.63, 3.8) is 0 Å². The van der Waals surface area contributed by atoms with Gasteiger partial charge >= 0.3 is 0 Å². The number of ether oxygens (including phenoxy) is 2. The van der Waals surface area contributed by atoms with E-state index in [0.717, 1.165) is 31.1 Å². The summed E-state index contributed by atoms with van der Waals surface area (Å²) in [5.74, 6) is 0.864. The van der Waals surface area contributed by atoms with Gasteiger partial charge in [-0.2, -0.15) is 0 Å². The normalized spacial score (nSPS) is 15.5. The highest BCUT2D eigenvalue weighted by atomic mass is 16.5. The number of nitrogens with one attached hydrogen (secondary N) is 1. The molecule has 0 radical (unpaired) electrons. The van der Waals surface area contributed by atoms with Gasteiger partial charge in [-0.3, -0.25) is 4.79 Å². The third kappa shape index (κ3) is 6.49. The zero-order chi connectivity index (χ0) is 17.2. The molecule has 1 fully saturated rings. The maximum atomic E-state index is 11.9. The quantitative estimate of drug-likeness (QED) is 0.704. The molecule has 2 rings (SSSR count). The molecule has 1 amide bonds. The van der Waals surface area contributed by atoms with Crippen molar-refractivity contribution >= 4 is 17.3 Å². The summed E-state index contributed by atoms with van der Waals surface area (Å²) in [7, 11) is 1.65. The molecule has 0 atom stereocenters. The molecule has 1 saturated heterocycles. The summed E-state index contributed by atoms with van der Waals surface area (Å²) in [6.07, 6.45) is 3.70. The van der Waals surface area contributed by atoms with Gasteiger partial charge in [0.25, 0.3) is 0 Å². The highest BCUT2D eigenvalue weighted by molar-refractivity contribution is 5.90. The molecule has 0 saturated carbocycles. The molecule has 0 aliphatic carbocycles. The fourth-order valence-electron chi connectivity index (χ4n) is 2.82. The highest BCUT2D eigenvalue weighted by Crippen LogP contribution is 2.24. The van der Waals surface area contributed by atoms with Gasteiger partial charge in [0.15, 0.2) is 0 Å². The van der Waals surface area contributed by atoms with Gasteiger partial charge < -0.3 is 19.7 Å². The maximum absolute atomic E-state index is 11.9. The van der Waals surface area contributed by atoms with Crippen LogP contribution in [0.5, 0.6) is 0 Å². The standard InChI is InChI=1S/C19H30N2O3/c1-16-9-11-21(12-10-16)18-7-5-17(6-8-18)20-19(22)4-3-13-24-15-14-23-2/h5-8,16H,3-4,9-15H2,1-2H3,(H,20,22). The Labute approximate surface area is 145 Å². The summed E-state index contributed by atoms with van der Waals surface area (Å²) in [4.78, 5) is 14.3. The minimum absolute atomic E-state index is 0.0323. The Morgan fingerprint density at radius 2 is 1.88 bits per heavy atom. The predicted molar refractivity (Wildman–Crippen MR) is 97.6 cm³/mol. The van der Waals surface area contributed by atoms with Crippen molar-refractivity contribution < 1.29 is 14.3 Å². The van der Waals surface area contributed by atoms with Crippen LogP contribution >= 0.6 is 0 Å². The van der Waals surface area contributed by atoms with E-state index in [1.54, 1.807) is 7.11 Å². The van der Waals surface area contributed by atoms with Gasteiger partial charge in [-0.15, -0.1) is 0 Å². The number of rotatable bonds is 9. The number of methoxy groups -OCH3 is 1. The summed E-state index contributed by atoms with van der Waals surface area (Å²) in [6.45, 7) is 6.32. The van der Waals surface area contributed by atoms with E-state index < -0.39 is 0 Å². The number of nitrogens with zero attached hydrogens (tertiary/aromatic N) is 1. The van der Waals surface area contributed by atoms with Gasteiger partial charge in [0.2, 0.25) is 5.91 Å². The van der Waals surface area contributed by atoms with Crippen LogP contribution in [0.2, 0.25) is 0 Å². The number of hydrogen-bond acceptors (Lipinski definition) is 4. The van der Waals surface area contributed by atoms with Crippen LogP contribution in [0, 0.1) is 5.92 Å². The molecule has 0 aromatic heterocycles. The topological polar surface area (TPSA) is 50.8 Å². The van der Waals surface area contributed by atoms with Gasteiger partial charge in [0, 0.05) is 44.6 Å². The lowest BCUT2D eigenvalue weighted by atomic mass is 9.99. The Morgan fingerprint density at radius 1 is 1.17 bits per heavy atom. The Kier molecular flexibility index (Phi) is 8.05. The minimum Gasteiger partial charge on any atom is -0.382 e. The third-order valence-corrected chi connectivity index (χ3v) is 4.42. The van der Waals surface area contributed by atoms with Crippen molar-refractivity contribution in [1.82, 2.24) is 0 Å². The number of carbonyl (C=O) groups excluding carboxylic acids is 1. The average molecular weight is 334 g/mol. The molecule has 1 N–H and O–H groups in total. The van der Waals surface area contributed by atoms with Crippen LogP contribution < -0.4 is 10.2 Å². The lowest BCUT2D eigenvalue weighted by Gasteiger charge is -2.32. The van der Waals surface area contributed by atoms with Crippen LogP contribution in [-0.2, 0) is 14.3 Å². The zero-order valence-corrected chi connectivity index (χ0v) is 14.9. The molecular weight excluding hydrogens is 304 g/mol. The summed E-state index contributed by atoms with van der Waals surface area (Å²) >= 11 is 0. The first-order valence-corrected chi connectivity index (χ1v) is 8.90. The van der Waals surface area contributed by atoms with Gasteiger partial charge in [0.1, 0.15) is 0 Å². The van der Waals surface area contributed by atoms with Gasteiger partial charge in [0.05, 0.1) is 13.2 Å². The van der Waals surface area contributed by atoms with Crippen LogP contribution in [0.3, 0.4) is 0 Å². The van der Waals surface area contributed by atoms with Crippen molar-refractivity contribution in [2.24, 2.45) is 5.92 Å². The Morgan fingerprint density at radius 3 is 2.54 bits per heavy atom. The molecular formula is C19H30N2O3. The fraction of sp³-hybridized carbons (Fsp3) is 0.632. The smallest absolute Gasteiger partial charge is 0.224 e. The molecule has 24 heavy (non-hydrogen) atoms. The highest BCUT2D eigenvalue weighted by Gasteiger charge is 2.15. The molecule has 0 spiro atoms. The second-order valence-electron chi connectivity index (χ2n) is 6.47. The molecule has 0 unspecified atom stereocenters. The molecule has 5 heteroatoms. The molecule has 1 aromatic carbocycles. The van der Waals surface area contributed by atoms with E-state index >= 15 is 0 Å². The lowest BCUT2D eigenvalue weighted by Crippen LogP contribution is -2.32. The first kappa shape index (κ1) is 18.7. The van der Waals surface area contributed by atoms with E-state index in [2.05, 4.69) is 29.3 Å². The van der Waals surface area contributed by atoms with E-state index in [1.807, 2.05) is 12.1 Å². The molecule has 1 heterocycles. The molecule has 1 aromatic rings. The van der Waals surface area contributed by atoms with Crippen LogP contribution in [0.15, 0.2) is 24.3 Å². The Hall–Kier alpha value is -1.59. The van der Waals surface area contributed by atoms with Crippen molar-refractivity contribution in [3.05, 3.63) is 24.3 Å². The summed E-state index contributed by atoms with van der Waals surface area (Å²) in [5.41, 5.74) is 2.10. The largest absolute Gasteiger partial charge is 0.382 e. The molecule has 0 bridgehead atoms. The van der Waals surface area contributed by atoms with Crippen LogP contribution in [0.25, 0.3) is 0 Å². The predicted octanol–water partition coefficient (Wildman–Crippen LogP) is 3.30. The average Bonchev–Trinajstić information content (AvgIpc) is 2.59. The summed E-state index contributed by atoms with van der Waals surface area (Å²) in [5, 5.41) is 2.94. The van der Waals surface area contributed by atoms with Crippen LogP contribution in [0.1, 0.15) is 32.6 Å². The van der Waals surface area contributed by atoms with E-state index in [4.69, 9.17) is 9.47 Å². The fourth-order valence-corrected chi connectivity index (χ4v) is 2.82. The van der Waals surface area contributed by atoms with E-state index in [0.29, 0.717) is 26.2 Å². The Balaban J connectivity index is 1.68. The van der Waals surface area contributed by atoms with Gasteiger partial charge in [-0.1, -0.05) is 6.92 Å². The zero-order valence-electron chi connectivity index (χ0n) is 14.9. The first-order valence-electron chi connectivity index (χ1n) is 8.90.